The van der Waals surface area contributed by atoms with Crippen LogP contribution in [-0.4, -0.2) is 10.2 Å². The Bertz CT molecular complexity index is 1140. The number of rotatable bonds is 3. The molecule has 1 amide bonds. The predicted octanol–water partition coefficient (Wildman–Crippen LogP) is 7.42. The second kappa shape index (κ2) is 8.05. The normalized spacial score (nSPS) is 15.7. The zero-order valence-corrected chi connectivity index (χ0v) is 18.7. The van der Waals surface area contributed by atoms with Crippen LogP contribution in [0.15, 0.2) is 68.4 Å². The lowest BCUT2D eigenvalue weighted by Crippen LogP contribution is -2.27. The topological polar surface area (TPSA) is 33.5 Å². The first-order valence-electron chi connectivity index (χ1n) is 8.01. The Morgan fingerprint density at radius 3 is 2.68 bits per heavy atom. The minimum absolute atomic E-state index is 0.185. The number of halogens is 3. The van der Waals surface area contributed by atoms with E-state index < -0.39 is 0 Å². The summed E-state index contributed by atoms with van der Waals surface area (Å²) in [6.07, 6.45) is 1.69. The molecule has 0 N–H and O–H groups in total. The fourth-order valence-electron chi connectivity index (χ4n) is 2.70. The number of thiocarbonyl (C=S) groups is 1. The lowest BCUT2D eigenvalue weighted by atomic mass is 10.2. The first kappa shape index (κ1) is 19.7. The summed E-state index contributed by atoms with van der Waals surface area (Å²) in [7, 11) is 0. The van der Waals surface area contributed by atoms with Crippen LogP contribution in [0.4, 0.5) is 5.69 Å². The van der Waals surface area contributed by atoms with Gasteiger partial charge >= 0.3 is 0 Å². The maximum Gasteiger partial charge on any atom is 0.270 e. The van der Waals surface area contributed by atoms with Crippen LogP contribution in [0.2, 0.25) is 10.0 Å². The van der Waals surface area contributed by atoms with Crippen molar-refractivity contribution in [3.63, 3.8) is 0 Å². The van der Waals surface area contributed by atoms with Gasteiger partial charge in [0.2, 0.25) is 0 Å². The second-order valence-electron chi connectivity index (χ2n) is 5.82. The molecule has 3 aromatic rings. The van der Waals surface area contributed by atoms with Gasteiger partial charge in [-0.1, -0.05) is 69.2 Å². The third-order valence-corrected chi connectivity index (χ3v) is 6.30. The highest BCUT2D eigenvalue weighted by molar-refractivity contribution is 9.10. The van der Waals surface area contributed by atoms with E-state index in [0.717, 1.165) is 10.0 Å². The van der Waals surface area contributed by atoms with Gasteiger partial charge in [0.15, 0.2) is 4.32 Å². The molecule has 1 aliphatic heterocycles. The third-order valence-electron chi connectivity index (χ3n) is 3.96. The summed E-state index contributed by atoms with van der Waals surface area (Å²) in [5.41, 5.74) is 1.45. The highest BCUT2D eigenvalue weighted by Crippen LogP contribution is 2.38. The molecule has 140 valence electrons. The molecule has 0 spiro atoms. The maximum absolute atomic E-state index is 12.9. The van der Waals surface area contributed by atoms with Crippen molar-refractivity contribution < 1.29 is 9.21 Å². The van der Waals surface area contributed by atoms with Gasteiger partial charge in [0.25, 0.3) is 5.91 Å². The molecule has 0 unspecified atom stereocenters. The molecule has 0 aliphatic carbocycles. The monoisotopic (exact) mass is 509 g/mol. The number of anilines is 1. The molecule has 1 aromatic heterocycles. The summed E-state index contributed by atoms with van der Waals surface area (Å²) in [5.74, 6) is 0.946. The third kappa shape index (κ3) is 3.93. The molecular weight excluding hydrogens is 501 g/mol. The fourth-order valence-corrected chi connectivity index (χ4v) is 4.87. The van der Waals surface area contributed by atoms with E-state index in [1.54, 1.807) is 36.4 Å². The van der Waals surface area contributed by atoms with Crippen molar-refractivity contribution in [2.45, 2.75) is 0 Å². The van der Waals surface area contributed by atoms with Crippen molar-refractivity contribution in [2.75, 3.05) is 4.90 Å². The lowest BCUT2D eigenvalue weighted by Gasteiger charge is -2.14. The molecule has 0 atom stereocenters. The molecule has 0 saturated carbocycles. The number of hydrogen-bond donors (Lipinski definition) is 0. The summed E-state index contributed by atoms with van der Waals surface area (Å²) in [4.78, 5) is 14.9. The minimum Gasteiger partial charge on any atom is -0.457 e. The highest BCUT2D eigenvalue weighted by atomic mass is 79.9. The Hall–Kier alpha value is -1.57. The van der Waals surface area contributed by atoms with Gasteiger partial charge in [-0.25, -0.2) is 0 Å². The molecule has 1 saturated heterocycles. The largest absolute Gasteiger partial charge is 0.457 e. The first-order valence-corrected chi connectivity index (χ1v) is 10.8. The van der Waals surface area contributed by atoms with Gasteiger partial charge in [-0.15, -0.1) is 0 Å². The van der Waals surface area contributed by atoms with E-state index in [0.29, 0.717) is 36.5 Å². The average Bonchev–Trinajstić information content (AvgIpc) is 3.20. The Kier molecular flexibility index (Phi) is 5.67. The molecule has 8 heteroatoms. The minimum atomic E-state index is -0.185. The van der Waals surface area contributed by atoms with Crippen LogP contribution < -0.4 is 4.90 Å². The van der Waals surface area contributed by atoms with Crippen molar-refractivity contribution in [1.82, 2.24) is 0 Å². The summed E-state index contributed by atoms with van der Waals surface area (Å²) in [6.45, 7) is 0. The highest BCUT2D eigenvalue weighted by Gasteiger charge is 2.33. The van der Waals surface area contributed by atoms with Gasteiger partial charge in [0, 0.05) is 21.1 Å². The van der Waals surface area contributed by atoms with E-state index in [9.17, 15) is 4.79 Å². The Morgan fingerprint density at radius 1 is 1.11 bits per heavy atom. The molecule has 0 bridgehead atoms. The number of carbonyl (C=O) groups excluding carboxylic acids is 1. The molecule has 28 heavy (non-hydrogen) atoms. The van der Waals surface area contributed by atoms with Gasteiger partial charge in [-0.05, 0) is 48.5 Å². The van der Waals surface area contributed by atoms with E-state index in [1.807, 2.05) is 24.3 Å². The number of carbonyl (C=O) groups is 1. The van der Waals surface area contributed by atoms with Gasteiger partial charge < -0.3 is 4.42 Å². The maximum atomic E-state index is 12.9. The van der Waals surface area contributed by atoms with E-state index >= 15 is 0 Å². The van der Waals surface area contributed by atoms with E-state index in [2.05, 4.69) is 15.9 Å². The van der Waals surface area contributed by atoms with Crippen LogP contribution in [0.25, 0.3) is 17.4 Å². The Labute approximate surface area is 189 Å². The molecule has 2 aromatic carbocycles. The smallest absolute Gasteiger partial charge is 0.270 e. The summed E-state index contributed by atoms with van der Waals surface area (Å²) >= 11 is 22.2. The van der Waals surface area contributed by atoms with Gasteiger partial charge in [-0.3, -0.25) is 9.69 Å². The number of benzene rings is 2. The van der Waals surface area contributed by atoms with Crippen LogP contribution >= 0.6 is 63.1 Å². The number of nitrogens with zero attached hydrogens (tertiary/aromatic N) is 1. The van der Waals surface area contributed by atoms with E-state index in [1.165, 1.54) is 16.7 Å². The zero-order chi connectivity index (χ0) is 19.8. The van der Waals surface area contributed by atoms with Gasteiger partial charge in [0.1, 0.15) is 11.5 Å². The van der Waals surface area contributed by atoms with E-state index in [4.69, 9.17) is 39.8 Å². The quantitative estimate of drug-likeness (QED) is 0.271. The standard InChI is InChI=1S/C20H10BrCl2NO2S2/c21-11-2-1-3-13(8-11)24-19(25)18(28-20(24)27)10-14-5-7-17(26-14)15-6-4-12(22)9-16(15)23/h1-10H/b18-10+. The summed E-state index contributed by atoms with van der Waals surface area (Å²) in [6, 6.07) is 16.2. The van der Waals surface area contributed by atoms with Crippen LogP contribution in [0.1, 0.15) is 5.76 Å². The van der Waals surface area contributed by atoms with Gasteiger partial charge in [0.05, 0.1) is 15.6 Å². The van der Waals surface area contributed by atoms with Crippen LogP contribution in [0.5, 0.6) is 0 Å². The fraction of sp³-hybridized carbons (Fsp3) is 0. The summed E-state index contributed by atoms with van der Waals surface area (Å²) < 4.78 is 7.20. The lowest BCUT2D eigenvalue weighted by molar-refractivity contribution is -0.113. The van der Waals surface area contributed by atoms with Crippen LogP contribution in [0.3, 0.4) is 0 Å². The van der Waals surface area contributed by atoms with Crippen molar-refractivity contribution in [1.29, 1.82) is 0 Å². The molecule has 2 heterocycles. The van der Waals surface area contributed by atoms with Crippen molar-refractivity contribution in [3.05, 3.63) is 79.8 Å². The first-order chi connectivity index (χ1) is 13.4. The number of hydrogen-bond acceptors (Lipinski definition) is 4. The van der Waals surface area contributed by atoms with Crippen molar-refractivity contribution in [3.8, 4) is 11.3 Å². The second-order valence-corrected chi connectivity index (χ2v) is 9.26. The predicted molar refractivity (Wildman–Crippen MR) is 124 cm³/mol. The van der Waals surface area contributed by atoms with Gasteiger partial charge in [-0.2, -0.15) is 0 Å². The van der Waals surface area contributed by atoms with Crippen molar-refractivity contribution >= 4 is 85.1 Å². The molecule has 4 rings (SSSR count). The van der Waals surface area contributed by atoms with Crippen molar-refractivity contribution in [2.24, 2.45) is 0 Å². The molecule has 1 fully saturated rings. The summed E-state index contributed by atoms with van der Waals surface area (Å²) in [5, 5.41) is 1.05. The Balaban J connectivity index is 1.62. The zero-order valence-electron chi connectivity index (χ0n) is 14.0. The molecule has 1 aliphatic rings. The number of furan rings is 1. The van der Waals surface area contributed by atoms with Crippen LogP contribution in [-0.2, 0) is 4.79 Å². The SMILES string of the molecule is O=C1/C(=C\c2ccc(-c3ccc(Cl)cc3Cl)o2)SC(=S)N1c1cccc(Br)c1. The number of thioether (sulfide) groups is 1. The molecule has 0 radical (unpaired) electrons. The average molecular weight is 511 g/mol. The van der Waals surface area contributed by atoms with E-state index in [-0.39, 0.29) is 5.91 Å². The molecular formula is C20H10BrCl2NO2S2. The molecule has 3 nitrogen and oxygen atoms in total. The number of amides is 1. The van der Waals surface area contributed by atoms with Crippen LogP contribution in [0, 0.1) is 0 Å². The Morgan fingerprint density at radius 2 is 1.93 bits per heavy atom.